The Labute approximate surface area is 195 Å². The van der Waals surface area contributed by atoms with E-state index < -0.39 is 17.6 Å². The quantitative estimate of drug-likeness (QED) is 0.235. The normalized spacial score (nSPS) is 11.6. The molecule has 1 aromatic heterocycles. The van der Waals surface area contributed by atoms with Crippen LogP contribution in [-0.4, -0.2) is 48.4 Å². The van der Waals surface area contributed by atoms with Crippen molar-refractivity contribution in [3.63, 3.8) is 0 Å². The zero-order valence-corrected chi connectivity index (χ0v) is 20.1. The molecule has 0 aliphatic carbocycles. The summed E-state index contributed by atoms with van der Waals surface area (Å²) >= 11 is 1.59. The number of hydrogen-bond acceptors (Lipinski definition) is 4. The molecule has 0 atom stereocenters. The molecule has 2 N–H and O–H groups in total. The molecule has 0 unspecified atom stereocenters. The summed E-state index contributed by atoms with van der Waals surface area (Å²) in [5.41, 5.74) is 0.341. The number of thiazole rings is 1. The molecular formula is C19H25F3IN5OS. The van der Waals surface area contributed by atoms with Crippen molar-refractivity contribution in [2.24, 2.45) is 4.99 Å². The van der Waals surface area contributed by atoms with E-state index >= 15 is 0 Å². The number of carbonyl (C=O) groups is 1. The third-order valence-electron chi connectivity index (χ3n) is 3.90. The highest BCUT2D eigenvalue weighted by atomic mass is 127. The van der Waals surface area contributed by atoms with Crippen LogP contribution < -0.4 is 10.6 Å². The zero-order chi connectivity index (χ0) is 21.4. The lowest BCUT2D eigenvalue weighted by molar-refractivity contribution is -0.137. The van der Waals surface area contributed by atoms with Crippen molar-refractivity contribution in [3.8, 4) is 0 Å². The maximum atomic E-state index is 12.6. The molecular weight excluding hydrogens is 530 g/mol. The molecule has 0 aliphatic rings. The highest BCUT2D eigenvalue weighted by molar-refractivity contribution is 14.0. The molecule has 0 saturated heterocycles. The number of amides is 1. The Balaban J connectivity index is 0.00000450. The van der Waals surface area contributed by atoms with E-state index in [9.17, 15) is 18.0 Å². The van der Waals surface area contributed by atoms with Gasteiger partial charge in [0.15, 0.2) is 5.96 Å². The maximum Gasteiger partial charge on any atom is 0.416 e. The van der Waals surface area contributed by atoms with Crippen LogP contribution in [0.3, 0.4) is 0 Å². The van der Waals surface area contributed by atoms with Crippen LogP contribution in [0.2, 0.25) is 0 Å². The van der Waals surface area contributed by atoms with Gasteiger partial charge in [-0.05, 0) is 38.1 Å². The number of guanidine groups is 1. The van der Waals surface area contributed by atoms with Gasteiger partial charge in [-0.2, -0.15) is 13.2 Å². The minimum atomic E-state index is -4.42. The summed E-state index contributed by atoms with van der Waals surface area (Å²) in [6, 6.07) is 4.11. The molecule has 2 aromatic rings. The van der Waals surface area contributed by atoms with Gasteiger partial charge < -0.3 is 15.5 Å². The number of rotatable bonds is 7. The average Bonchev–Trinajstić information content (AvgIpc) is 3.08. The summed E-state index contributed by atoms with van der Waals surface area (Å²) in [5.74, 6) is 0.243. The minimum Gasteiger partial charge on any atom is -0.357 e. The summed E-state index contributed by atoms with van der Waals surface area (Å²) in [5, 5.41) is 8.85. The number of aliphatic imine (C=N–C) groups is 1. The lowest BCUT2D eigenvalue weighted by Gasteiger charge is -2.21. The molecule has 1 heterocycles. The summed E-state index contributed by atoms with van der Waals surface area (Å²) in [6.45, 7) is 5.80. The van der Waals surface area contributed by atoms with E-state index in [-0.39, 0.29) is 36.1 Å². The zero-order valence-electron chi connectivity index (χ0n) is 16.9. The first-order valence-electron chi connectivity index (χ1n) is 9.06. The molecule has 0 saturated carbocycles. The van der Waals surface area contributed by atoms with Crippen molar-refractivity contribution < 1.29 is 18.0 Å². The second kappa shape index (κ2) is 12.1. The molecule has 6 nitrogen and oxygen atoms in total. The lowest BCUT2D eigenvalue weighted by atomic mass is 10.1. The van der Waals surface area contributed by atoms with E-state index in [2.05, 4.69) is 20.6 Å². The molecule has 0 radical (unpaired) electrons. The molecule has 1 amide bonds. The summed E-state index contributed by atoms with van der Waals surface area (Å²) in [4.78, 5) is 22.9. The fourth-order valence-electron chi connectivity index (χ4n) is 2.51. The predicted octanol–water partition coefficient (Wildman–Crippen LogP) is 3.92. The van der Waals surface area contributed by atoms with Gasteiger partial charge in [0.05, 0.1) is 29.4 Å². The first-order valence-corrected chi connectivity index (χ1v) is 9.94. The van der Waals surface area contributed by atoms with Crippen LogP contribution in [0.4, 0.5) is 13.2 Å². The molecule has 0 aliphatic heterocycles. The van der Waals surface area contributed by atoms with Crippen molar-refractivity contribution in [2.45, 2.75) is 26.6 Å². The van der Waals surface area contributed by atoms with Crippen LogP contribution in [-0.2, 0) is 12.7 Å². The number of benzene rings is 1. The van der Waals surface area contributed by atoms with Crippen molar-refractivity contribution in [1.29, 1.82) is 0 Å². The SMILES string of the molecule is CCNC(=NCCNC(=O)c1ccc(C(F)(F)F)cc1)N(C)Cc1csc(C)n1.I. The maximum absolute atomic E-state index is 12.6. The average molecular weight is 555 g/mol. The number of halogens is 4. The topological polar surface area (TPSA) is 69.6 Å². The van der Waals surface area contributed by atoms with Gasteiger partial charge in [-0.25, -0.2) is 4.98 Å². The van der Waals surface area contributed by atoms with Gasteiger partial charge in [0.1, 0.15) is 0 Å². The Morgan fingerprint density at radius 2 is 1.90 bits per heavy atom. The van der Waals surface area contributed by atoms with Gasteiger partial charge in [-0.3, -0.25) is 9.79 Å². The molecule has 11 heteroatoms. The number of aromatic nitrogens is 1. The fraction of sp³-hybridized carbons (Fsp3) is 0.421. The van der Waals surface area contributed by atoms with Gasteiger partial charge in [-0.15, -0.1) is 35.3 Å². The van der Waals surface area contributed by atoms with Crippen molar-refractivity contribution >= 4 is 47.2 Å². The molecule has 2 rings (SSSR count). The number of hydrogen-bond donors (Lipinski definition) is 2. The van der Waals surface area contributed by atoms with Crippen LogP contribution in [0.25, 0.3) is 0 Å². The molecule has 0 spiro atoms. The van der Waals surface area contributed by atoms with Gasteiger partial charge >= 0.3 is 6.18 Å². The Morgan fingerprint density at radius 3 is 2.43 bits per heavy atom. The van der Waals surface area contributed by atoms with E-state index in [0.29, 0.717) is 25.6 Å². The molecule has 30 heavy (non-hydrogen) atoms. The van der Waals surface area contributed by atoms with E-state index in [1.165, 1.54) is 0 Å². The highest BCUT2D eigenvalue weighted by Gasteiger charge is 2.30. The third kappa shape index (κ3) is 8.09. The standard InChI is InChI=1S/C19H24F3N5OS.HI/c1-4-23-18(27(3)11-16-12-29-13(2)26-16)25-10-9-24-17(28)14-5-7-15(8-6-14)19(20,21)22;/h5-8,12H,4,9-11H2,1-3H3,(H,23,25)(H,24,28);1H. The number of alkyl halides is 3. The number of nitrogens with zero attached hydrogens (tertiary/aromatic N) is 3. The summed E-state index contributed by atoms with van der Waals surface area (Å²) in [7, 11) is 1.90. The van der Waals surface area contributed by atoms with Gasteiger partial charge in [0.25, 0.3) is 5.91 Å². The van der Waals surface area contributed by atoms with Gasteiger partial charge in [0, 0.05) is 31.1 Å². The van der Waals surface area contributed by atoms with Crippen molar-refractivity contribution in [3.05, 3.63) is 51.5 Å². The van der Waals surface area contributed by atoms with E-state index in [1.54, 1.807) is 11.3 Å². The lowest BCUT2D eigenvalue weighted by Crippen LogP contribution is -2.39. The Bertz CT molecular complexity index is 839. The molecule has 0 fully saturated rings. The monoisotopic (exact) mass is 555 g/mol. The number of aryl methyl sites for hydroxylation is 1. The van der Waals surface area contributed by atoms with E-state index in [0.717, 1.165) is 35.0 Å². The second-order valence-corrected chi connectivity index (χ2v) is 7.34. The fourth-order valence-corrected chi connectivity index (χ4v) is 3.12. The van der Waals surface area contributed by atoms with E-state index in [1.807, 2.05) is 31.2 Å². The minimum absolute atomic E-state index is 0. The Kier molecular flexibility index (Phi) is 10.5. The Morgan fingerprint density at radius 1 is 1.23 bits per heavy atom. The number of nitrogens with one attached hydrogen (secondary N) is 2. The van der Waals surface area contributed by atoms with Crippen LogP contribution >= 0.6 is 35.3 Å². The molecule has 166 valence electrons. The molecule has 0 bridgehead atoms. The Hall–Kier alpha value is -1.89. The van der Waals surface area contributed by atoms with Crippen LogP contribution in [0.1, 0.15) is 33.5 Å². The van der Waals surface area contributed by atoms with Crippen LogP contribution in [0.15, 0.2) is 34.6 Å². The summed E-state index contributed by atoms with van der Waals surface area (Å²) < 4.78 is 37.7. The first-order chi connectivity index (χ1) is 13.7. The third-order valence-corrected chi connectivity index (χ3v) is 4.72. The van der Waals surface area contributed by atoms with Gasteiger partial charge in [-0.1, -0.05) is 0 Å². The first kappa shape index (κ1) is 26.1. The summed E-state index contributed by atoms with van der Waals surface area (Å²) in [6.07, 6.45) is -4.42. The van der Waals surface area contributed by atoms with Crippen LogP contribution in [0.5, 0.6) is 0 Å². The van der Waals surface area contributed by atoms with E-state index in [4.69, 9.17) is 0 Å². The van der Waals surface area contributed by atoms with Crippen LogP contribution in [0, 0.1) is 6.92 Å². The van der Waals surface area contributed by atoms with Crippen molar-refractivity contribution in [2.75, 3.05) is 26.7 Å². The number of carbonyl (C=O) groups excluding carboxylic acids is 1. The smallest absolute Gasteiger partial charge is 0.357 e. The second-order valence-electron chi connectivity index (χ2n) is 6.28. The van der Waals surface area contributed by atoms with Gasteiger partial charge in [0.2, 0.25) is 0 Å². The molecule has 1 aromatic carbocycles. The van der Waals surface area contributed by atoms with Crippen molar-refractivity contribution in [1.82, 2.24) is 20.5 Å². The largest absolute Gasteiger partial charge is 0.416 e. The highest BCUT2D eigenvalue weighted by Crippen LogP contribution is 2.29. The predicted molar refractivity (Wildman–Crippen MR) is 123 cm³/mol.